The summed E-state index contributed by atoms with van der Waals surface area (Å²) in [6.45, 7) is 11.7. The molecule has 232 valence electrons. The molecule has 2 aliphatic heterocycles. The van der Waals surface area contributed by atoms with Crippen LogP contribution in [0.15, 0.2) is 42.5 Å². The van der Waals surface area contributed by atoms with Gasteiger partial charge in [-0.05, 0) is 59.1 Å². The van der Waals surface area contributed by atoms with Crippen LogP contribution in [-0.4, -0.2) is 56.6 Å². The molecule has 1 fully saturated rings. The largest absolute Gasteiger partial charge is 0.390 e. The van der Waals surface area contributed by atoms with Gasteiger partial charge >= 0.3 is 0 Å². The molecule has 2 bridgehead atoms. The molecule has 0 aliphatic carbocycles. The van der Waals surface area contributed by atoms with E-state index in [2.05, 4.69) is 74.0 Å². The monoisotopic (exact) mass is 579 g/mol. The van der Waals surface area contributed by atoms with Crippen molar-refractivity contribution in [2.45, 2.75) is 102 Å². The Morgan fingerprint density at radius 1 is 1.10 bits per heavy atom. The highest BCUT2D eigenvalue weighted by molar-refractivity contribution is 5.95. The number of nitrogens with one attached hydrogen (secondary N) is 3. The van der Waals surface area contributed by atoms with Crippen LogP contribution >= 0.6 is 0 Å². The number of ether oxygens (including phenoxy) is 2. The van der Waals surface area contributed by atoms with Crippen LogP contribution in [0.3, 0.4) is 0 Å². The zero-order valence-electron chi connectivity index (χ0n) is 26.4. The van der Waals surface area contributed by atoms with E-state index in [4.69, 9.17) is 9.47 Å². The highest BCUT2D eigenvalue weighted by atomic mass is 16.5. The molecule has 1 saturated heterocycles. The van der Waals surface area contributed by atoms with Crippen molar-refractivity contribution >= 4 is 11.6 Å². The van der Waals surface area contributed by atoms with Crippen LogP contribution in [0.2, 0.25) is 0 Å². The lowest BCUT2D eigenvalue weighted by Gasteiger charge is -2.44. The van der Waals surface area contributed by atoms with Crippen molar-refractivity contribution in [3.8, 4) is 0 Å². The molecule has 1 amide bonds. The van der Waals surface area contributed by atoms with Crippen LogP contribution < -0.4 is 16.0 Å². The number of fused-ring (bicyclic) bond motifs is 2. The summed E-state index contributed by atoms with van der Waals surface area (Å²) < 4.78 is 11.1. The molecule has 2 aliphatic rings. The lowest BCUT2D eigenvalue weighted by atomic mass is 9.81. The Balaban J connectivity index is 1.53. The van der Waals surface area contributed by atoms with Gasteiger partial charge < -0.3 is 30.5 Å². The predicted octanol–water partition coefficient (Wildman–Crippen LogP) is 5.90. The van der Waals surface area contributed by atoms with Gasteiger partial charge in [-0.2, -0.15) is 0 Å². The number of anilines is 1. The number of carbonyl (C=O) groups is 1. The van der Waals surface area contributed by atoms with Gasteiger partial charge in [0, 0.05) is 31.5 Å². The van der Waals surface area contributed by atoms with E-state index in [-0.39, 0.29) is 22.9 Å². The fourth-order valence-corrected chi connectivity index (χ4v) is 6.07. The van der Waals surface area contributed by atoms with Crippen molar-refractivity contribution in [3.63, 3.8) is 0 Å². The van der Waals surface area contributed by atoms with Crippen LogP contribution in [0.5, 0.6) is 0 Å². The first-order chi connectivity index (χ1) is 20.1. The molecule has 0 aromatic heterocycles. The second-order valence-corrected chi connectivity index (χ2v) is 13.6. The SMILES string of the molecule is COCc1cc2cc(c1)C(=O)N[C@H]([C@H](O)CNC1(c3cccc(C(C)(C)C)c3)COC1)C[C@H](C)CCCCCCCN2. The number of rotatable bonds is 7. The van der Waals surface area contributed by atoms with Crippen LogP contribution in [-0.2, 0) is 27.0 Å². The number of hydrogen-bond acceptors (Lipinski definition) is 6. The number of benzene rings is 2. The number of hydrogen-bond donors (Lipinski definition) is 4. The lowest BCUT2D eigenvalue weighted by molar-refractivity contribution is -0.0833. The fraction of sp³-hybridized carbons (Fsp3) is 0.629. The van der Waals surface area contributed by atoms with Crippen molar-refractivity contribution in [2.75, 3.05) is 38.7 Å². The van der Waals surface area contributed by atoms with Crippen molar-refractivity contribution in [1.82, 2.24) is 10.6 Å². The Bertz CT molecular complexity index is 1160. The molecule has 7 heteroatoms. The first kappa shape index (κ1) is 32.5. The Morgan fingerprint density at radius 3 is 2.57 bits per heavy atom. The van der Waals surface area contributed by atoms with Gasteiger partial charge in [0.25, 0.3) is 5.91 Å². The van der Waals surface area contributed by atoms with E-state index in [1.807, 2.05) is 12.1 Å². The molecule has 2 aromatic carbocycles. The average molecular weight is 580 g/mol. The van der Waals surface area contributed by atoms with Crippen LogP contribution in [0.25, 0.3) is 0 Å². The maximum absolute atomic E-state index is 13.6. The minimum Gasteiger partial charge on any atom is -0.390 e. The summed E-state index contributed by atoms with van der Waals surface area (Å²) in [6.07, 6.45) is 7.00. The van der Waals surface area contributed by atoms with Crippen LogP contribution in [0.1, 0.15) is 99.7 Å². The van der Waals surface area contributed by atoms with E-state index < -0.39 is 6.10 Å². The average Bonchev–Trinajstić information content (AvgIpc) is 2.92. The molecular weight excluding hydrogens is 526 g/mol. The van der Waals surface area contributed by atoms with Gasteiger partial charge in [0.1, 0.15) is 0 Å². The highest BCUT2D eigenvalue weighted by Crippen LogP contribution is 2.33. The molecule has 0 radical (unpaired) electrons. The van der Waals surface area contributed by atoms with Crippen molar-refractivity contribution in [2.24, 2.45) is 5.92 Å². The Kier molecular flexibility index (Phi) is 11.5. The number of amides is 1. The summed E-state index contributed by atoms with van der Waals surface area (Å²) in [4.78, 5) is 13.6. The van der Waals surface area contributed by atoms with E-state index in [1.54, 1.807) is 7.11 Å². The zero-order valence-corrected chi connectivity index (χ0v) is 26.4. The van der Waals surface area contributed by atoms with Gasteiger partial charge in [-0.1, -0.05) is 84.1 Å². The summed E-state index contributed by atoms with van der Waals surface area (Å²) in [7, 11) is 1.67. The molecule has 4 N–H and O–H groups in total. The Labute approximate surface area is 253 Å². The standard InChI is InChI=1S/C35H53N3O4/c1-25-12-9-7-6-8-10-15-36-30-18-26(22-41-5)17-27(19-30)33(40)38-31(16-25)32(39)21-37-35(23-42-24-35)29-14-11-13-28(20-29)34(2,3)4/h11,13-14,17-20,25,31-32,36-37,39H,6-10,12,15-16,21-24H2,1-5H3,(H,38,40)/t25-,31+,32-/m1/s1. The van der Waals surface area contributed by atoms with E-state index in [0.717, 1.165) is 37.1 Å². The molecule has 2 aromatic rings. The van der Waals surface area contributed by atoms with Crippen LogP contribution in [0.4, 0.5) is 5.69 Å². The summed E-state index contributed by atoms with van der Waals surface area (Å²) in [6, 6.07) is 14.2. The summed E-state index contributed by atoms with van der Waals surface area (Å²) >= 11 is 0. The molecule has 2 heterocycles. The Morgan fingerprint density at radius 2 is 1.86 bits per heavy atom. The smallest absolute Gasteiger partial charge is 0.251 e. The molecular formula is C35H53N3O4. The molecule has 42 heavy (non-hydrogen) atoms. The summed E-state index contributed by atoms with van der Waals surface area (Å²) in [5.74, 6) is 0.221. The topological polar surface area (TPSA) is 91.9 Å². The van der Waals surface area contributed by atoms with Crippen molar-refractivity contribution in [1.29, 1.82) is 0 Å². The molecule has 0 unspecified atom stereocenters. The second kappa shape index (κ2) is 14.8. The summed E-state index contributed by atoms with van der Waals surface area (Å²) in [5.41, 5.74) is 4.62. The van der Waals surface area contributed by atoms with Gasteiger partial charge in [0.2, 0.25) is 0 Å². The zero-order chi connectivity index (χ0) is 30.2. The van der Waals surface area contributed by atoms with Crippen molar-refractivity contribution < 1.29 is 19.4 Å². The van der Waals surface area contributed by atoms with Gasteiger partial charge in [-0.3, -0.25) is 4.79 Å². The Hall–Kier alpha value is -2.45. The highest BCUT2D eigenvalue weighted by Gasteiger charge is 2.41. The molecule has 4 rings (SSSR count). The normalized spacial score (nSPS) is 22.9. The van der Waals surface area contributed by atoms with E-state index in [0.29, 0.717) is 37.8 Å². The third-order valence-electron chi connectivity index (χ3n) is 8.83. The van der Waals surface area contributed by atoms with Crippen molar-refractivity contribution in [3.05, 3.63) is 64.7 Å². The molecule has 7 nitrogen and oxygen atoms in total. The van der Waals surface area contributed by atoms with Gasteiger partial charge in [0.15, 0.2) is 0 Å². The molecule has 3 atom stereocenters. The third-order valence-corrected chi connectivity index (χ3v) is 8.83. The number of carbonyl (C=O) groups excluding carboxylic acids is 1. The maximum atomic E-state index is 13.6. The fourth-order valence-electron chi connectivity index (χ4n) is 6.07. The molecule has 0 saturated carbocycles. The van der Waals surface area contributed by atoms with E-state index in [1.165, 1.54) is 36.8 Å². The van der Waals surface area contributed by atoms with Gasteiger partial charge in [0.05, 0.1) is 37.5 Å². The lowest BCUT2D eigenvalue weighted by Crippen LogP contribution is -2.60. The van der Waals surface area contributed by atoms with Gasteiger partial charge in [-0.15, -0.1) is 0 Å². The first-order valence-corrected chi connectivity index (χ1v) is 15.9. The minimum atomic E-state index is -0.752. The maximum Gasteiger partial charge on any atom is 0.251 e. The van der Waals surface area contributed by atoms with Gasteiger partial charge in [-0.25, -0.2) is 0 Å². The minimum absolute atomic E-state index is 0.0430. The first-order valence-electron chi connectivity index (χ1n) is 15.9. The number of aliphatic hydroxyl groups excluding tert-OH is 1. The van der Waals surface area contributed by atoms with E-state index >= 15 is 0 Å². The predicted molar refractivity (Wildman–Crippen MR) is 170 cm³/mol. The quantitative estimate of drug-likeness (QED) is 0.327. The molecule has 0 spiro atoms. The van der Waals surface area contributed by atoms with E-state index in [9.17, 15) is 9.90 Å². The number of methoxy groups -OCH3 is 1. The third kappa shape index (κ3) is 8.79. The van der Waals surface area contributed by atoms with Crippen LogP contribution in [0, 0.1) is 5.92 Å². The summed E-state index contributed by atoms with van der Waals surface area (Å²) in [5, 5.41) is 21.9. The second-order valence-electron chi connectivity index (χ2n) is 13.6. The number of aliphatic hydroxyl groups is 1.